The van der Waals surface area contributed by atoms with Crippen LogP contribution in [-0.4, -0.2) is 35.5 Å². The van der Waals surface area contributed by atoms with Crippen molar-refractivity contribution in [3.63, 3.8) is 0 Å². The summed E-state index contributed by atoms with van der Waals surface area (Å²) in [7, 11) is 0. The topological polar surface area (TPSA) is 58.6 Å². The Balaban J connectivity index is 1.93. The third-order valence-corrected chi connectivity index (χ3v) is 3.95. The normalized spacial score (nSPS) is 17.3. The molecule has 1 heterocycles. The minimum atomic E-state index is -0.824. The van der Waals surface area contributed by atoms with Crippen LogP contribution in [-0.2, 0) is 4.79 Å². The summed E-state index contributed by atoms with van der Waals surface area (Å²) < 4.78 is 6.65. The summed E-state index contributed by atoms with van der Waals surface area (Å²) in [5.74, 6) is 0.548. The number of ether oxygens (including phenoxy) is 1. The van der Waals surface area contributed by atoms with Gasteiger partial charge in [0.25, 0.3) is 5.91 Å². The van der Waals surface area contributed by atoms with Crippen LogP contribution >= 0.6 is 22.6 Å². The van der Waals surface area contributed by atoms with Crippen molar-refractivity contribution in [3.8, 4) is 5.75 Å². The zero-order valence-electron chi connectivity index (χ0n) is 11.7. The molecule has 1 fully saturated rings. The number of urea groups is 1. The van der Waals surface area contributed by atoms with Crippen LogP contribution in [0.15, 0.2) is 18.2 Å². The van der Waals surface area contributed by atoms with Gasteiger partial charge in [0.05, 0.1) is 10.1 Å². The largest absolute Gasteiger partial charge is 0.491 e. The first-order valence-electron chi connectivity index (χ1n) is 6.34. The second-order valence-electron chi connectivity index (χ2n) is 5.29. The summed E-state index contributed by atoms with van der Waals surface area (Å²) in [6.45, 7) is 5.93. The number of carbonyl (C=O) groups excluding carboxylic acids is 2. The Bertz CT molecular complexity index is 557. The van der Waals surface area contributed by atoms with E-state index in [4.69, 9.17) is 4.74 Å². The molecule has 1 saturated heterocycles. The highest BCUT2D eigenvalue weighted by Gasteiger charge is 2.43. The molecule has 0 radical (unpaired) electrons. The Morgan fingerprint density at radius 1 is 1.35 bits per heavy atom. The van der Waals surface area contributed by atoms with Gasteiger partial charge in [0.2, 0.25) is 0 Å². The summed E-state index contributed by atoms with van der Waals surface area (Å²) in [4.78, 5) is 24.9. The highest BCUT2D eigenvalue weighted by atomic mass is 127. The van der Waals surface area contributed by atoms with Gasteiger partial charge >= 0.3 is 6.03 Å². The number of imide groups is 1. The highest BCUT2D eigenvalue weighted by molar-refractivity contribution is 14.1. The molecule has 1 N–H and O–H groups in total. The molecule has 0 unspecified atom stereocenters. The molecule has 2 rings (SSSR count). The predicted molar refractivity (Wildman–Crippen MR) is 83.7 cm³/mol. The van der Waals surface area contributed by atoms with E-state index in [-0.39, 0.29) is 25.1 Å². The Kier molecular flexibility index (Phi) is 4.22. The Morgan fingerprint density at radius 3 is 2.60 bits per heavy atom. The lowest BCUT2D eigenvalue weighted by atomic mass is 10.1. The molecule has 0 atom stereocenters. The van der Waals surface area contributed by atoms with E-state index in [2.05, 4.69) is 27.9 Å². The van der Waals surface area contributed by atoms with Crippen LogP contribution < -0.4 is 10.1 Å². The third kappa shape index (κ3) is 3.05. The predicted octanol–water partition coefficient (Wildman–Crippen LogP) is 2.31. The average Bonchev–Trinajstić information content (AvgIpc) is 2.53. The maximum absolute atomic E-state index is 12.0. The van der Waals surface area contributed by atoms with Crippen molar-refractivity contribution in [2.45, 2.75) is 26.3 Å². The molecule has 0 bridgehead atoms. The first-order chi connectivity index (χ1) is 9.31. The number of benzene rings is 1. The second kappa shape index (κ2) is 5.59. The highest BCUT2D eigenvalue weighted by Crippen LogP contribution is 2.22. The number of carbonyl (C=O) groups is 2. The molecule has 5 nitrogen and oxygen atoms in total. The molecule has 0 spiro atoms. The third-order valence-electron chi connectivity index (χ3n) is 3.10. The van der Waals surface area contributed by atoms with Crippen molar-refractivity contribution < 1.29 is 14.3 Å². The number of rotatable bonds is 4. The Labute approximate surface area is 131 Å². The summed E-state index contributed by atoms with van der Waals surface area (Å²) in [5.41, 5.74) is 0.340. The van der Waals surface area contributed by atoms with E-state index in [1.165, 1.54) is 4.90 Å². The number of nitrogens with zero attached hydrogens (tertiary/aromatic N) is 1. The quantitative estimate of drug-likeness (QED) is 0.636. The van der Waals surface area contributed by atoms with Crippen LogP contribution in [0.2, 0.25) is 0 Å². The summed E-state index contributed by atoms with van der Waals surface area (Å²) in [6.07, 6.45) is 0. The van der Waals surface area contributed by atoms with Crippen molar-refractivity contribution in [1.82, 2.24) is 10.2 Å². The summed E-state index contributed by atoms with van der Waals surface area (Å²) in [6, 6.07) is 5.52. The minimum Gasteiger partial charge on any atom is -0.491 e. The van der Waals surface area contributed by atoms with E-state index in [1.807, 2.05) is 25.1 Å². The van der Waals surface area contributed by atoms with E-state index >= 15 is 0 Å². The minimum absolute atomic E-state index is 0.218. The zero-order valence-corrected chi connectivity index (χ0v) is 13.9. The molecule has 108 valence electrons. The molecule has 1 aliphatic rings. The molecule has 0 saturated carbocycles. The Morgan fingerprint density at radius 2 is 2.05 bits per heavy atom. The van der Waals surface area contributed by atoms with Gasteiger partial charge in [0.1, 0.15) is 17.9 Å². The molecule has 1 aromatic carbocycles. The van der Waals surface area contributed by atoms with Crippen LogP contribution in [0.25, 0.3) is 0 Å². The molecule has 3 amide bonds. The van der Waals surface area contributed by atoms with Crippen molar-refractivity contribution >= 4 is 34.5 Å². The number of halogens is 1. The van der Waals surface area contributed by atoms with Crippen LogP contribution in [0.3, 0.4) is 0 Å². The van der Waals surface area contributed by atoms with E-state index in [9.17, 15) is 9.59 Å². The monoisotopic (exact) mass is 388 g/mol. The van der Waals surface area contributed by atoms with Gasteiger partial charge in [0, 0.05) is 0 Å². The first-order valence-corrected chi connectivity index (χ1v) is 7.42. The Hall–Kier alpha value is -1.31. The molecule has 0 aromatic heterocycles. The van der Waals surface area contributed by atoms with Crippen LogP contribution in [0.5, 0.6) is 5.75 Å². The van der Waals surface area contributed by atoms with E-state index in [0.29, 0.717) is 0 Å². The zero-order chi connectivity index (χ0) is 14.9. The lowest BCUT2D eigenvalue weighted by molar-refractivity contribution is -0.130. The molecule has 0 aliphatic carbocycles. The molecule has 6 heteroatoms. The molecule has 20 heavy (non-hydrogen) atoms. The van der Waals surface area contributed by atoms with E-state index < -0.39 is 5.54 Å². The fourth-order valence-electron chi connectivity index (χ4n) is 1.99. The van der Waals surface area contributed by atoms with Crippen molar-refractivity contribution in [3.05, 3.63) is 27.3 Å². The molecular weight excluding hydrogens is 371 g/mol. The smallest absolute Gasteiger partial charge is 0.325 e. The van der Waals surface area contributed by atoms with E-state index in [1.54, 1.807) is 13.8 Å². The molecule has 1 aliphatic heterocycles. The fraction of sp³-hybridized carbons (Fsp3) is 0.429. The van der Waals surface area contributed by atoms with Crippen molar-refractivity contribution in [1.29, 1.82) is 0 Å². The molecule has 1 aromatic rings. The average molecular weight is 388 g/mol. The van der Waals surface area contributed by atoms with Gasteiger partial charge < -0.3 is 10.1 Å². The van der Waals surface area contributed by atoms with Crippen molar-refractivity contribution in [2.24, 2.45) is 0 Å². The van der Waals surface area contributed by atoms with E-state index in [0.717, 1.165) is 14.9 Å². The number of hydrogen-bond donors (Lipinski definition) is 1. The van der Waals surface area contributed by atoms with Gasteiger partial charge in [0.15, 0.2) is 0 Å². The first kappa shape index (κ1) is 15.1. The standard InChI is InChI=1S/C14H17IN2O3/c1-9-4-5-11(10(15)8-9)20-7-6-17-12(18)14(2,3)16-13(17)19/h4-5,8H,6-7H2,1-3H3,(H,16,19). The van der Waals surface area contributed by atoms with Crippen molar-refractivity contribution in [2.75, 3.05) is 13.2 Å². The number of hydrogen-bond acceptors (Lipinski definition) is 3. The molecular formula is C14H17IN2O3. The number of amides is 3. The fourth-order valence-corrected chi connectivity index (χ4v) is 2.82. The maximum Gasteiger partial charge on any atom is 0.325 e. The van der Waals surface area contributed by atoms with Gasteiger partial charge in [-0.05, 0) is 61.1 Å². The van der Waals surface area contributed by atoms with Gasteiger partial charge in [-0.25, -0.2) is 4.79 Å². The SMILES string of the molecule is Cc1ccc(OCCN2C(=O)NC(C)(C)C2=O)c(I)c1. The lowest BCUT2D eigenvalue weighted by Gasteiger charge is -2.16. The van der Waals surface area contributed by atoms with Gasteiger partial charge in [-0.2, -0.15) is 0 Å². The number of aryl methyl sites for hydroxylation is 1. The van der Waals surface area contributed by atoms with Gasteiger partial charge in [-0.15, -0.1) is 0 Å². The van der Waals surface area contributed by atoms with Crippen LogP contribution in [0.1, 0.15) is 19.4 Å². The lowest BCUT2D eigenvalue weighted by Crippen LogP contribution is -2.40. The van der Waals surface area contributed by atoms with Gasteiger partial charge in [-0.3, -0.25) is 9.69 Å². The van der Waals surface area contributed by atoms with Gasteiger partial charge in [-0.1, -0.05) is 6.07 Å². The summed E-state index contributed by atoms with van der Waals surface area (Å²) in [5, 5.41) is 2.64. The number of nitrogens with one attached hydrogen (secondary N) is 1. The summed E-state index contributed by atoms with van der Waals surface area (Å²) >= 11 is 2.20. The van der Waals surface area contributed by atoms with Crippen LogP contribution in [0.4, 0.5) is 4.79 Å². The second-order valence-corrected chi connectivity index (χ2v) is 6.46. The maximum atomic E-state index is 12.0. The van der Waals surface area contributed by atoms with Crippen LogP contribution in [0, 0.1) is 10.5 Å².